The SMILES string of the molecule is Cc1ccccc1-c1cnc(N)c(C(=O)O)c1. The number of benzene rings is 1. The number of pyridine rings is 1. The van der Waals surface area contributed by atoms with Gasteiger partial charge in [-0.3, -0.25) is 0 Å². The predicted molar refractivity (Wildman–Crippen MR) is 65.8 cm³/mol. The number of carboxylic acid groups (broad SMARTS) is 1. The van der Waals surface area contributed by atoms with Crippen LogP contribution in [-0.4, -0.2) is 16.1 Å². The number of carboxylic acids is 1. The Labute approximate surface area is 98.7 Å². The van der Waals surface area contributed by atoms with Gasteiger partial charge >= 0.3 is 5.97 Å². The lowest BCUT2D eigenvalue weighted by molar-refractivity contribution is 0.0697. The molecule has 0 spiro atoms. The quantitative estimate of drug-likeness (QED) is 0.827. The fourth-order valence-corrected chi connectivity index (χ4v) is 1.69. The Morgan fingerprint density at radius 2 is 2.06 bits per heavy atom. The highest BCUT2D eigenvalue weighted by Crippen LogP contribution is 2.24. The lowest BCUT2D eigenvalue weighted by Gasteiger charge is -2.07. The van der Waals surface area contributed by atoms with E-state index < -0.39 is 5.97 Å². The van der Waals surface area contributed by atoms with Crippen molar-refractivity contribution in [2.75, 3.05) is 5.73 Å². The van der Waals surface area contributed by atoms with E-state index in [-0.39, 0.29) is 11.4 Å². The third-order valence-electron chi connectivity index (χ3n) is 2.60. The number of rotatable bonds is 2. The van der Waals surface area contributed by atoms with E-state index in [4.69, 9.17) is 10.8 Å². The molecule has 2 aromatic rings. The number of aromatic carboxylic acids is 1. The molecule has 0 aliphatic heterocycles. The summed E-state index contributed by atoms with van der Waals surface area (Å²) in [5.41, 5.74) is 8.33. The van der Waals surface area contributed by atoms with Gasteiger partial charge in [0.15, 0.2) is 0 Å². The lowest BCUT2D eigenvalue weighted by atomic mass is 10.0. The van der Waals surface area contributed by atoms with E-state index in [1.165, 1.54) is 0 Å². The van der Waals surface area contributed by atoms with Crippen molar-refractivity contribution in [3.05, 3.63) is 47.7 Å². The van der Waals surface area contributed by atoms with Gasteiger partial charge in [-0.15, -0.1) is 0 Å². The van der Waals surface area contributed by atoms with Crippen LogP contribution in [0.15, 0.2) is 36.5 Å². The fourth-order valence-electron chi connectivity index (χ4n) is 1.69. The van der Waals surface area contributed by atoms with Gasteiger partial charge in [0.25, 0.3) is 0 Å². The van der Waals surface area contributed by atoms with E-state index in [0.717, 1.165) is 16.7 Å². The Morgan fingerprint density at radius 3 is 2.71 bits per heavy atom. The zero-order chi connectivity index (χ0) is 12.4. The van der Waals surface area contributed by atoms with Crippen LogP contribution >= 0.6 is 0 Å². The van der Waals surface area contributed by atoms with Crippen LogP contribution in [0.4, 0.5) is 5.82 Å². The molecule has 17 heavy (non-hydrogen) atoms. The molecule has 86 valence electrons. The number of nitrogens with two attached hydrogens (primary N) is 1. The van der Waals surface area contributed by atoms with E-state index in [1.807, 2.05) is 31.2 Å². The number of hydrogen-bond acceptors (Lipinski definition) is 3. The molecule has 2 rings (SSSR count). The maximum atomic E-state index is 11.0. The molecule has 0 amide bonds. The first-order valence-electron chi connectivity index (χ1n) is 5.14. The summed E-state index contributed by atoms with van der Waals surface area (Å²) < 4.78 is 0. The van der Waals surface area contributed by atoms with Gasteiger partial charge in [-0.2, -0.15) is 0 Å². The van der Waals surface area contributed by atoms with Gasteiger partial charge in [-0.25, -0.2) is 9.78 Å². The zero-order valence-electron chi connectivity index (χ0n) is 9.34. The lowest BCUT2D eigenvalue weighted by Crippen LogP contribution is -2.04. The average Bonchev–Trinajstić information content (AvgIpc) is 2.30. The molecular formula is C13H12N2O2. The number of anilines is 1. The average molecular weight is 228 g/mol. The molecule has 0 saturated carbocycles. The summed E-state index contributed by atoms with van der Waals surface area (Å²) in [6.45, 7) is 1.96. The molecule has 0 fully saturated rings. The number of hydrogen-bond donors (Lipinski definition) is 2. The predicted octanol–water partition coefficient (Wildman–Crippen LogP) is 2.34. The summed E-state index contributed by atoms with van der Waals surface area (Å²) in [5.74, 6) is -1.03. The third-order valence-corrected chi connectivity index (χ3v) is 2.60. The van der Waals surface area contributed by atoms with Gasteiger partial charge < -0.3 is 10.8 Å². The molecule has 4 nitrogen and oxygen atoms in total. The van der Waals surface area contributed by atoms with Crippen LogP contribution in [0, 0.1) is 6.92 Å². The van der Waals surface area contributed by atoms with E-state index >= 15 is 0 Å². The largest absolute Gasteiger partial charge is 0.478 e. The highest BCUT2D eigenvalue weighted by atomic mass is 16.4. The molecule has 0 atom stereocenters. The smallest absolute Gasteiger partial charge is 0.339 e. The summed E-state index contributed by atoms with van der Waals surface area (Å²) >= 11 is 0. The van der Waals surface area contributed by atoms with E-state index in [0.29, 0.717) is 0 Å². The minimum absolute atomic E-state index is 0.0331. The number of aryl methyl sites for hydroxylation is 1. The molecule has 0 bridgehead atoms. The van der Waals surface area contributed by atoms with Crippen molar-refractivity contribution in [1.29, 1.82) is 0 Å². The summed E-state index contributed by atoms with van der Waals surface area (Å²) in [7, 11) is 0. The monoisotopic (exact) mass is 228 g/mol. The second-order valence-corrected chi connectivity index (χ2v) is 3.78. The molecule has 1 heterocycles. The van der Waals surface area contributed by atoms with Crippen LogP contribution in [0.3, 0.4) is 0 Å². The van der Waals surface area contributed by atoms with Crippen LogP contribution < -0.4 is 5.73 Å². The van der Waals surface area contributed by atoms with Gasteiger partial charge in [-0.05, 0) is 24.1 Å². The van der Waals surface area contributed by atoms with Gasteiger partial charge in [0.05, 0.1) is 0 Å². The number of nitrogen functional groups attached to an aromatic ring is 1. The van der Waals surface area contributed by atoms with Crippen LogP contribution in [0.25, 0.3) is 11.1 Å². The molecule has 0 aliphatic carbocycles. The summed E-state index contributed by atoms with van der Waals surface area (Å²) in [4.78, 5) is 14.9. The van der Waals surface area contributed by atoms with Gasteiger partial charge in [-0.1, -0.05) is 24.3 Å². The normalized spacial score (nSPS) is 10.2. The molecule has 0 saturated heterocycles. The van der Waals surface area contributed by atoms with Gasteiger partial charge in [0.2, 0.25) is 0 Å². The van der Waals surface area contributed by atoms with Crippen LogP contribution in [0.2, 0.25) is 0 Å². The molecule has 0 unspecified atom stereocenters. The molecule has 0 radical (unpaired) electrons. The standard InChI is InChI=1S/C13H12N2O2/c1-8-4-2-3-5-10(8)9-6-11(13(16)17)12(14)15-7-9/h2-7H,1H3,(H2,14,15)(H,16,17). The Balaban J connectivity index is 2.58. The Hall–Kier alpha value is -2.36. The third kappa shape index (κ3) is 2.10. The topological polar surface area (TPSA) is 76.2 Å². The molecule has 1 aromatic heterocycles. The number of nitrogens with zero attached hydrogens (tertiary/aromatic N) is 1. The minimum Gasteiger partial charge on any atom is -0.478 e. The summed E-state index contributed by atoms with van der Waals surface area (Å²) in [6.07, 6.45) is 1.59. The summed E-state index contributed by atoms with van der Waals surface area (Å²) in [6, 6.07) is 9.27. The Bertz CT molecular complexity index is 579. The van der Waals surface area contributed by atoms with E-state index in [2.05, 4.69) is 4.98 Å². The highest BCUT2D eigenvalue weighted by molar-refractivity contribution is 5.94. The first kappa shape index (κ1) is 11.1. The van der Waals surface area contributed by atoms with Crippen molar-refractivity contribution in [2.24, 2.45) is 0 Å². The molecule has 4 heteroatoms. The van der Waals surface area contributed by atoms with Crippen molar-refractivity contribution >= 4 is 11.8 Å². The van der Waals surface area contributed by atoms with Crippen LogP contribution in [-0.2, 0) is 0 Å². The number of carbonyl (C=O) groups is 1. The van der Waals surface area contributed by atoms with Gasteiger partial charge in [0.1, 0.15) is 11.4 Å². The van der Waals surface area contributed by atoms with Crippen molar-refractivity contribution in [3.8, 4) is 11.1 Å². The van der Waals surface area contributed by atoms with Gasteiger partial charge in [0, 0.05) is 11.8 Å². The summed E-state index contributed by atoms with van der Waals surface area (Å²) in [5, 5.41) is 8.99. The second-order valence-electron chi connectivity index (χ2n) is 3.78. The zero-order valence-corrected chi connectivity index (χ0v) is 9.34. The molecule has 3 N–H and O–H groups in total. The Kier molecular flexibility index (Phi) is 2.78. The first-order chi connectivity index (χ1) is 8.09. The van der Waals surface area contributed by atoms with Crippen molar-refractivity contribution < 1.29 is 9.90 Å². The van der Waals surface area contributed by atoms with Crippen molar-refractivity contribution in [3.63, 3.8) is 0 Å². The van der Waals surface area contributed by atoms with Crippen molar-refractivity contribution in [2.45, 2.75) is 6.92 Å². The van der Waals surface area contributed by atoms with Crippen molar-refractivity contribution in [1.82, 2.24) is 4.98 Å². The fraction of sp³-hybridized carbons (Fsp3) is 0.0769. The van der Waals surface area contributed by atoms with E-state index in [1.54, 1.807) is 12.3 Å². The molecule has 0 aliphatic rings. The number of aromatic nitrogens is 1. The Morgan fingerprint density at radius 1 is 1.35 bits per heavy atom. The maximum absolute atomic E-state index is 11.0. The highest BCUT2D eigenvalue weighted by Gasteiger charge is 2.11. The molecular weight excluding hydrogens is 216 g/mol. The maximum Gasteiger partial charge on any atom is 0.339 e. The molecule has 1 aromatic carbocycles. The van der Waals surface area contributed by atoms with Crippen LogP contribution in [0.1, 0.15) is 15.9 Å². The minimum atomic E-state index is -1.06. The first-order valence-corrected chi connectivity index (χ1v) is 5.14. The van der Waals surface area contributed by atoms with E-state index in [9.17, 15) is 4.79 Å². The second kappa shape index (κ2) is 4.25. The van der Waals surface area contributed by atoms with Crippen LogP contribution in [0.5, 0.6) is 0 Å².